The standard InChI is InChI=1S/C21H26O4S/c1-2-26(24)18-6-4-3-5-17(18)20(23)25-13-19(22)21-10-14-7-15(11-21)9-16(8-14)12-21/h3-6,14-16H,2,7-13H2,1H3/t14?,15?,16?,21?,26-/m0/s1. The Labute approximate surface area is 157 Å². The lowest BCUT2D eigenvalue weighted by Gasteiger charge is -2.55. The topological polar surface area (TPSA) is 60.4 Å². The molecule has 0 saturated heterocycles. The molecule has 4 fully saturated rings. The van der Waals surface area contributed by atoms with Crippen LogP contribution in [0.1, 0.15) is 55.8 Å². The van der Waals surface area contributed by atoms with Crippen molar-refractivity contribution in [1.82, 2.24) is 0 Å². The molecule has 0 spiro atoms. The van der Waals surface area contributed by atoms with E-state index in [1.54, 1.807) is 24.3 Å². The van der Waals surface area contributed by atoms with Crippen molar-refractivity contribution in [3.8, 4) is 0 Å². The molecule has 4 aliphatic carbocycles. The van der Waals surface area contributed by atoms with E-state index in [0.29, 0.717) is 34.0 Å². The number of ketones is 1. The van der Waals surface area contributed by atoms with Crippen LogP contribution in [0.2, 0.25) is 0 Å². The molecule has 4 nitrogen and oxygen atoms in total. The number of carbonyl (C=O) groups excluding carboxylic acids is 2. The third kappa shape index (κ3) is 3.15. The zero-order valence-corrected chi connectivity index (χ0v) is 16.1. The molecule has 26 heavy (non-hydrogen) atoms. The molecule has 0 aliphatic heterocycles. The van der Waals surface area contributed by atoms with Crippen molar-refractivity contribution in [3.63, 3.8) is 0 Å². The first-order chi connectivity index (χ1) is 12.5. The van der Waals surface area contributed by atoms with Crippen LogP contribution in [-0.2, 0) is 20.3 Å². The van der Waals surface area contributed by atoms with Gasteiger partial charge in [0.1, 0.15) is 0 Å². The number of benzene rings is 1. The van der Waals surface area contributed by atoms with Gasteiger partial charge >= 0.3 is 5.97 Å². The average molecular weight is 375 g/mol. The molecule has 5 rings (SSSR count). The maximum absolute atomic E-state index is 13.0. The van der Waals surface area contributed by atoms with E-state index in [9.17, 15) is 13.8 Å². The fraction of sp³-hybridized carbons (Fsp3) is 0.619. The Kier molecular flexibility index (Phi) is 4.76. The summed E-state index contributed by atoms with van der Waals surface area (Å²) in [5.41, 5.74) is 0.0619. The molecule has 140 valence electrons. The Hall–Kier alpha value is -1.49. The quantitative estimate of drug-likeness (QED) is 0.712. The van der Waals surface area contributed by atoms with Crippen LogP contribution < -0.4 is 0 Å². The van der Waals surface area contributed by atoms with Crippen LogP contribution in [0.4, 0.5) is 0 Å². The average Bonchev–Trinajstić information content (AvgIpc) is 2.64. The predicted octanol–water partition coefficient (Wildman–Crippen LogP) is 3.76. The highest BCUT2D eigenvalue weighted by Gasteiger charge is 2.54. The molecular weight excluding hydrogens is 348 g/mol. The minimum absolute atomic E-state index is 0.0963. The van der Waals surface area contributed by atoms with Gasteiger partial charge in [0.05, 0.1) is 21.3 Å². The third-order valence-corrected chi connectivity index (χ3v) is 7.95. The van der Waals surface area contributed by atoms with Crippen LogP contribution in [0, 0.1) is 23.2 Å². The number of hydrogen-bond acceptors (Lipinski definition) is 4. The minimum Gasteiger partial charge on any atom is -0.454 e. The molecule has 5 heteroatoms. The maximum atomic E-state index is 13.0. The van der Waals surface area contributed by atoms with Gasteiger partial charge in [-0.1, -0.05) is 19.1 Å². The van der Waals surface area contributed by atoms with Crippen LogP contribution in [0.15, 0.2) is 29.2 Å². The number of hydrogen-bond donors (Lipinski definition) is 0. The smallest absolute Gasteiger partial charge is 0.339 e. The summed E-state index contributed by atoms with van der Waals surface area (Å²) in [4.78, 5) is 26.0. The van der Waals surface area contributed by atoms with Gasteiger partial charge in [-0.15, -0.1) is 0 Å². The molecule has 0 heterocycles. The van der Waals surface area contributed by atoms with E-state index in [2.05, 4.69) is 0 Å². The number of rotatable bonds is 6. The Morgan fingerprint density at radius 1 is 1.08 bits per heavy atom. The summed E-state index contributed by atoms with van der Waals surface area (Å²) in [7, 11) is -1.23. The van der Waals surface area contributed by atoms with Crippen LogP contribution in [0.25, 0.3) is 0 Å². The van der Waals surface area contributed by atoms with Crippen molar-refractivity contribution in [2.45, 2.75) is 50.3 Å². The van der Waals surface area contributed by atoms with E-state index in [4.69, 9.17) is 4.74 Å². The number of Topliss-reactive ketones (excluding diaryl/α,β-unsaturated/α-hetero) is 1. The zero-order chi connectivity index (χ0) is 18.3. The molecular formula is C21H26O4S. The summed E-state index contributed by atoms with van der Waals surface area (Å²) < 4.78 is 17.5. The molecule has 1 aromatic carbocycles. The van der Waals surface area contributed by atoms with Crippen molar-refractivity contribution < 1.29 is 18.5 Å². The van der Waals surface area contributed by atoms with E-state index in [1.807, 2.05) is 6.92 Å². The van der Waals surface area contributed by atoms with Crippen molar-refractivity contribution in [2.24, 2.45) is 23.2 Å². The normalized spacial score (nSPS) is 33.0. The first-order valence-electron chi connectivity index (χ1n) is 9.68. The van der Waals surface area contributed by atoms with E-state index in [1.165, 1.54) is 19.3 Å². The Morgan fingerprint density at radius 2 is 1.65 bits per heavy atom. The molecule has 4 bridgehead atoms. The fourth-order valence-corrected chi connectivity index (χ4v) is 6.74. The van der Waals surface area contributed by atoms with E-state index < -0.39 is 16.8 Å². The summed E-state index contributed by atoms with van der Waals surface area (Å²) in [6.07, 6.45) is 6.77. The second-order valence-corrected chi connectivity index (χ2v) is 10.0. The monoisotopic (exact) mass is 374 g/mol. The lowest BCUT2D eigenvalue weighted by Crippen LogP contribution is -2.51. The van der Waals surface area contributed by atoms with Crippen molar-refractivity contribution in [3.05, 3.63) is 29.8 Å². The largest absolute Gasteiger partial charge is 0.454 e. The highest BCUT2D eigenvalue weighted by molar-refractivity contribution is 7.85. The molecule has 4 aliphatic rings. The SMILES string of the molecule is CC[S@](=O)c1ccccc1C(=O)OCC(=O)C12CC3CC(CC(C3)C1)C2. The van der Waals surface area contributed by atoms with Gasteiger partial charge in [0.15, 0.2) is 12.4 Å². The zero-order valence-electron chi connectivity index (χ0n) is 15.2. The minimum atomic E-state index is -1.23. The van der Waals surface area contributed by atoms with E-state index in [-0.39, 0.29) is 17.8 Å². The van der Waals surface area contributed by atoms with Crippen molar-refractivity contribution >= 4 is 22.6 Å². The second-order valence-electron chi connectivity index (χ2n) is 8.33. The van der Waals surface area contributed by atoms with Gasteiger partial charge in [-0.3, -0.25) is 9.00 Å². The number of ether oxygens (including phenoxy) is 1. The highest BCUT2D eigenvalue weighted by Crippen LogP contribution is 2.60. The Bertz CT molecular complexity index is 719. The van der Waals surface area contributed by atoms with Gasteiger partial charge in [-0.25, -0.2) is 4.79 Å². The maximum Gasteiger partial charge on any atom is 0.339 e. The van der Waals surface area contributed by atoms with Crippen LogP contribution >= 0.6 is 0 Å². The Balaban J connectivity index is 1.44. The number of carbonyl (C=O) groups is 2. The summed E-state index contributed by atoms with van der Waals surface area (Å²) in [5.74, 6) is 2.06. The van der Waals surface area contributed by atoms with Gasteiger partial charge < -0.3 is 4.74 Å². The number of esters is 1. The lowest BCUT2D eigenvalue weighted by molar-refractivity contribution is -0.147. The first kappa shape index (κ1) is 17.9. The molecule has 1 atom stereocenters. The molecule has 0 aromatic heterocycles. The molecule has 0 unspecified atom stereocenters. The second kappa shape index (κ2) is 6.91. The van der Waals surface area contributed by atoms with Gasteiger partial charge in [-0.05, 0) is 68.4 Å². The Morgan fingerprint density at radius 3 is 2.23 bits per heavy atom. The van der Waals surface area contributed by atoms with Gasteiger partial charge in [0, 0.05) is 11.2 Å². The summed E-state index contributed by atoms with van der Waals surface area (Å²) in [5, 5.41) is 0. The van der Waals surface area contributed by atoms with Crippen molar-refractivity contribution in [2.75, 3.05) is 12.4 Å². The fourth-order valence-electron chi connectivity index (χ4n) is 5.80. The predicted molar refractivity (Wildman–Crippen MR) is 99.3 cm³/mol. The molecule has 0 radical (unpaired) electrons. The van der Waals surface area contributed by atoms with Crippen LogP contribution in [0.3, 0.4) is 0 Å². The molecule has 4 saturated carbocycles. The highest BCUT2D eigenvalue weighted by atomic mass is 32.2. The lowest BCUT2D eigenvalue weighted by atomic mass is 9.48. The molecule has 0 N–H and O–H groups in total. The summed E-state index contributed by atoms with van der Waals surface area (Å²) >= 11 is 0. The third-order valence-electron chi connectivity index (χ3n) is 6.58. The van der Waals surface area contributed by atoms with Gasteiger partial charge in [0.2, 0.25) is 0 Å². The molecule has 1 aromatic rings. The summed E-state index contributed by atoms with van der Waals surface area (Å²) in [6, 6.07) is 6.81. The van der Waals surface area contributed by atoms with Crippen LogP contribution in [0.5, 0.6) is 0 Å². The van der Waals surface area contributed by atoms with E-state index >= 15 is 0 Å². The van der Waals surface area contributed by atoms with Gasteiger partial charge in [0.25, 0.3) is 0 Å². The van der Waals surface area contributed by atoms with E-state index in [0.717, 1.165) is 19.3 Å². The first-order valence-corrected chi connectivity index (χ1v) is 11.0. The van der Waals surface area contributed by atoms with Crippen LogP contribution in [-0.4, -0.2) is 28.3 Å². The molecule has 0 amide bonds. The summed E-state index contributed by atoms with van der Waals surface area (Å²) in [6.45, 7) is 1.66. The van der Waals surface area contributed by atoms with Gasteiger partial charge in [-0.2, -0.15) is 0 Å². The van der Waals surface area contributed by atoms with Crippen molar-refractivity contribution in [1.29, 1.82) is 0 Å².